The molecule has 0 heterocycles. The Kier molecular flexibility index (Phi) is 7.33. The van der Waals surface area contributed by atoms with E-state index >= 15 is 0 Å². The maximum Gasteiger partial charge on any atom is 0.220 e. The van der Waals surface area contributed by atoms with Crippen LogP contribution >= 0.6 is 0 Å². The molecule has 0 aliphatic heterocycles. The van der Waals surface area contributed by atoms with E-state index in [-0.39, 0.29) is 11.9 Å². The highest BCUT2D eigenvalue weighted by Gasteiger charge is 2.12. The third-order valence-electron chi connectivity index (χ3n) is 4.10. The zero-order valence-electron chi connectivity index (χ0n) is 15.2. The molecule has 25 heavy (non-hydrogen) atoms. The van der Waals surface area contributed by atoms with E-state index < -0.39 is 0 Å². The average Bonchev–Trinajstić information content (AvgIpc) is 2.65. The molecule has 1 amide bonds. The first-order valence-corrected chi connectivity index (χ1v) is 8.75. The third kappa shape index (κ3) is 6.14. The average molecular weight is 341 g/mol. The minimum absolute atomic E-state index is 0.0245. The molecule has 0 radical (unpaired) electrons. The number of methoxy groups -OCH3 is 1. The van der Waals surface area contributed by atoms with Gasteiger partial charge in [-0.3, -0.25) is 4.79 Å². The van der Waals surface area contributed by atoms with Gasteiger partial charge in [-0.05, 0) is 49.6 Å². The van der Waals surface area contributed by atoms with E-state index in [1.807, 2.05) is 55.5 Å². The van der Waals surface area contributed by atoms with Crippen molar-refractivity contribution in [2.45, 2.75) is 39.2 Å². The molecule has 1 N–H and O–H groups in total. The second kappa shape index (κ2) is 9.72. The zero-order chi connectivity index (χ0) is 18.1. The van der Waals surface area contributed by atoms with Gasteiger partial charge in [-0.25, -0.2) is 0 Å². The maximum absolute atomic E-state index is 12.2. The molecule has 0 spiro atoms. The molecule has 1 unspecified atom stereocenters. The van der Waals surface area contributed by atoms with Gasteiger partial charge in [-0.2, -0.15) is 0 Å². The molecule has 0 saturated heterocycles. The number of amides is 1. The summed E-state index contributed by atoms with van der Waals surface area (Å²) >= 11 is 0. The molecule has 2 aromatic carbocycles. The summed E-state index contributed by atoms with van der Waals surface area (Å²) in [5.41, 5.74) is 2.29. The first-order valence-electron chi connectivity index (χ1n) is 8.75. The van der Waals surface area contributed by atoms with Crippen molar-refractivity contribution in [1.82, 2.24) is 5.32 Å². The van der Waals surface area contributed by atoms with E-state index in [4.69, 9.17) is 9.47 Å². The number of rotatable bonds is 9. The Hall–Kier alpha value is -2.49. The molecule has 134 valence electrons. The highest BCUT2D eigenvalue weighted by Crippen LogP contribution is 2.20. The first kappa shape index (κ1) is 18.8. The summed E-state index contributed by atoms with van der Waals surface area (Å²) in [6, 6.07) is 15.8. The first-order chi connectivity index (χ1) is 12.1. The van der Waals surface area contributed by atoms with E-state index in [1.165, 1.54) is 5.56 Å². The van der Waals surface area contributed by atoms with Gasteiger partial charge in [0, 0.05) is 6.42 Å². The summed E-state index contributed by atoms with van der Waals surface area (Å²) in [5, 5.41) is 3.09. The molecule has 1 atom stereocenters. The van der Waals surface area contributed by atoms with Crippen molar-refractivity contribution in [1.29, 1.82) is 0 Å². The predicted molar refractivity (Wildman–Crippen MR) is 100 cm³/mol. The van der Waals surface area contributed by atoms with Crippen molar-refractivity contribution in [3.63, 3.8) is 0 Å². The van der Waals surface area contributed by atoms with Crippen LogP contribution in [0, 0.1) is 6.92 Å². The molecule has 4 heteroatoms. The lowest BCUT2D eigenvalue weighted by molar-refractivity contribution is -0.122. The van der Waals surface area contributed by atoms with E-state index in [1.54, 1.807) is 7.11 Å². The van der Waals surface area contributed by atoms with Crippen LogP contribution < -0.4 is 14.8 Å². The topological polar surface area (TPSA) is 47.6 Å². The summed E-state index contributed by atoms with van der Waals surface area (Å²) in [4.78, 5) is 12.2. The van der Waals surface area contributed by atoms with Gasteiger partial charge < -0.3 is 14.8 Å². The van der Waals surface area contributed by atoms with Gasteiger partial charge >= 0.3 is 0 Å². The number of benzene rings is 2. The van der Waals surface area contributed by atoms with Crippen LogP contribution in [0.5, 0.6) is 11.5 Å². The molecule has 2 rings (SSSR count). The predicted octanol–water partition coefficient (Wildman–Crippen LogP) is 4.43. The zero-order valence-corrected chi connectivity index (χ0v) is 15.2. The molecule has 0 fully saturated rings. The monoisotopic (exact) mass is 341 g/mol. The third-order valence-corrected chi connectivity index (χ3v) is 4.10. The Morgan fingerprint density at radius 1 is 1.04 bits per heavy atom. The second-order valence-corrected chi connectivity index (χ2v) is 6.07. The van der Waals surface area contributed by atoms with Gasteiger partial charge in [0.1, 0.15) is 11.5 Å². The van der Waals surface area contributed by atoms with Crippen LogP contribution in [0.4, 0.5) is 0 Å². The summed E-state index contributed by atoms with van der Waals surface area (Å²) in [7, 11) is 1.65. The number of hydrogen-bond acceptors (Lipinski definition) is 3. The molecule has 0 aliphatic carbocycles. The van der Waals surface area contributed by atoms with Gasteiger partial charge in [-0.15, -0.1) is 0 Å². The number of carbonyl (C=O) groups is 1. The smallest absolute Gasteiger partial charge is 0.220 e. The highest BCUT2D eigenvalue weighted by atomic mass is 16.5. The Morgan fingerprint density at radius 2 is 1.68 bits per heavy atom. The molecular formula is C21H27NO3. The van der Waals surface area contributed by atoms with Crippen LogP contribution in [0.25, 0.3) is 0 Å². The normalized spacial score (nSPS) is 11.6. The summed E-state index contributed by atoms with van der Waals surface area (Å²) in [6.45, 7) is 4.65. The van der Waals surface area contributed by atoms with E-state index in [9.17, 15) is 4.79 Å². The van der Waals surface area contributed by atoms with Crippen molar-refractivity contribution in [3.8, 4) is 11.5 Å². The fraction of sp³-hybridized carbons (Fsp3) is 0.381. The minimum atomic E-state index is 0.0245. The molecule has 2 aromatic rings. The Balaban J connectivity index is 1.74. The summed E-state index contributed by atoms with van der Waals surface area (Å²) in [5.74, 6) is 1.71. The SMILES string of the molecule is CCC(NC(=O)CCCOc1ccc(C)cc1)c1ccc(OC)cc1. The number of aryl methyl sites for hydroxylation is 1. The fourth-order valence-corrected chi connectivity index (χ4v) is 2.58. The number of hydrogen-bond donors (Lipinski definition) is 1. The van der Waals surface area contributed by atoms with Gasteiger partial charge in [0.15, 0.2) is 0 Å². The fourth-order valence-electron chi connectivity index (χ4n) is 2.58. The van der Waals surface area contributed by atoms with Gasteiger partial charge in [0.25, 0.3) is 0 Å². The summed E-state index contributed by atoms with van der Waals surface area (Å²) in [6.07, 6.45) is 2.00. The van der Waals surface area contributed by atoms with Crippen molar-refractivity contribution >= 4 is 5.91 Å². The van der Waals surface area contributed by atoms with Crippen molar-refractivity contribution in [2.24, 2.45) is 0 Å². The maximum atomic E-state index is 12.2. The van der Waals surface area contributed by atoms with E-state index in [0.717, 1.165) is 23.5 Å². The number of ether oxygens (including phenoxy) is 2. The van der Waals surface area contributed by atoms with Crippen molar-refractivity contribution in [3.05, 3.63) is 59.7 Å². The largest absolute Gasteiger partial charge is 0.497 e. The lowest BCUT2D eigenvalue weighted by atomic mass is 10.0. The van der Waals surface area contributed by atoms with Crippen LogP contribution in [-0.2, 0) is 4.79 Å². The minimum Gasteiger partial charge on any atom is -0.497 e. The highest BCUT2D eigenvalue weighted by molar-refractivity contribution is 5.76. The van der Waals surface area contributed by atoms with Gasteiger partial charge in [0.05, 0.1) is 19.8 Å². The second-order valence-electron chi connectivity index (χ2n) is 6.07. The van der Waals surface area contributed by atoms with Crippen molar-refractivity contribution in [2.75, 3.05) is 13.7 Å². The molecule has 0 bridgehead atoms. The van der Waals surface area contributed by atoms with Crippen LogP contribution in [0.1, 0.15) is 43.4 Å². The van der Waals surface area contributed by atoms with Crippen LogP contribution in [0.3, 0.4) is 0 Å². The molecule has 0 saturated carbocycles. The standard InChI is InChI=1S/C21H27NO3/c1-4-20(17-9-13-18(24-3)14-10-17)22-21(23)6-5-15-25-19-11-7-16(2)8-12-19/h7-14,20H,4-6,15H2,1-3H3,(H,22,23). The van der Waals surface area contributed by atoms with E-state index in [0.29, 0.717) is 19.4 Å². The van der Waals surface area contributed by atoms with Crippen molar-refractivity contribution < 1.29 is 14.3 Å². The number of carbonyl (C=O) groups excluding carboxylic acids is 1. The van der Waals surface area contributed by atoms with Crippen LogP contribution in [0.2, 0.25) is 0 Å². The Labute approximate surface area is 150 Å². The van der Waals surface area contributed by atoms with Crippen LogP contribution in [-0.4, -0.2) is 19.6 Å². The number of nitrogens with one attached hydrogen (secondary N) is 1. The van der Waals surface area contributed by atoms with Gasteiger partial charge in [-0.1, -0.05) is 36.8 Å². The molecule has 4 nitrogen and oxygen atoms in total. The van der Waals surface area contributed by atoms with E-state index in [2.05, 4.69) is 12.2 Å². The Morgan fingerprint density at radius 3 is 2.28 bits per heavy atom. The van der Waals surface area contributed by atoms with Gasteiger partial charge in [0.2, 0.25) is 5.91 Å². The Bertz CT molecular complexity index is 650. The molecular weight excluding hydrogens is 314 g/mol. The lowest BCUT2D eigenvalue weighted by Crippen LogP contribution is -2.28. The summed E-state index contributed by atoms with van der Waals surface area (Å²) < 4.78 is 10.8. The molecule has 0 aliphatic rings. The lowest BCUT2D eigenvalue weighted by Gasteiger charge is -2.18. The molecule has 0 aromatic heterocycles. The van der Waals surface area contributed by atoms with Crippen LogP contribution in [0.15, 0.2) is 48.5 Å². The quantitative estimate of drug-likeness (QED) is 0.686.